The molecule has 0 radical (unpaired) electrons. The van der Waals surface area contributed by atoms with Gasteiger partial charge in [0, 0.05) is 47.1 Å². The average molecular weight is 311 g/mol. The first-order valence-corrected chi connectivity index (χ1v) is 7.93. The van der Waals surface area contributed by atoms with Crippen LogP contribution >= 0.6 is 23.4 Å². The lowest BCUT2D eigenvalue weighted by atomic mass is 10.2. The Hall–Kier alpha value is -1.01. The zero-order valence-corrected chi connectivity index (χ0v) is 13.0. The fraction of sp³-hybridized carbons (Fsp3) is 0.357. The van der Waals surface area contributed by atoms with Gasteiger partial charge >= 0.3 is 0 Å². The number of aryl methyl sites for hydroxylation is 1. The Morgan fingerprint density at radius 2 is 2.35 bits per heavy atom. The summed E-state index contributed by atoms with van der Waals surface area (Å²) in [4.78, 5) is 5.53. The Kier molecular flexibility index (Phi) is 5.91. The standard InChI is InChI=1S/C14H19ClN4S/c1-2-19-7-6-17-14(19)9-12(18-16)10-20-13-5-3-4-11(15)8-13/h3-8,12,18H,2,9-10,16H2,1H3. The summed E-state index contributed by atoms with van der Waals surface area (Å²) >= 11 is 7.72. The molecule has 0 bridgehead atoms. The summed E-state index contributed by atoms with van der Waals surface area (Å²) in [6.45, 7) is 3.03. The molecule has 0 saturated heterocycles. The Morgan fingerprint density at radius 1 is 1.50 bits per heavy atom. The van der Waals surface area contributed by atoms with Gasteiger partial charge in [-0.1, -0.05) is 17.7 Å². The molecule has 3 N–H and O–H groups in total. The summed E-state index contributed by atoms with van der Waals surface area (Å²) in [5, 5.41) is 0.758. The quantitative estimate of drug-likeness (QED) is 0.469. The maximum atomic E-state index is 5.98. The van der Waals surface area contributed by atoms with E-state index in [4.69, 9.17) is 17.4 Å². The molecular formula is C14H19ClN4S. The molecule has 0 aliphatic heterocycles. The van der Waals surface area contributed by atoms with Crippen molar-refractivity contribution < 1.29 is 0 Å². The lowest BCUT2D eigenvalue weighted by Crippen LogP contribution is -2.39. The third-order valence-electron chi connectivity index (χ3n) is 3.05. The number of rotatable bonds is 7. The van der Waals surface area contributed by atoms with Gasteiger partial charge in [-0.05, 0) is 25.1 Å². The molecule has 0 amide bonds. The van der Waals surface area contributed by atoms with Gasteiger partial charge in [-0.3, -0.25) is 11.3 Å². The van der Waals surface area contributed by atoms with Crippen molar-refractivity contribution in [3.8, 4) is 0 Å². The predicted molar refractivity (Wildman–Crippen MR) is 84.9 cm³/mol. The van der Waals surface area contributed by atoms with Gasteiger partial charge in [-0.25, -0.2) is 4.98 Å². The van der Waals surface area contributed by atoms with Crippen LogP contribution in [0.3, 0.4) is 0 Å². The van der Waals surface area contributed by atoms with Crippen molar-refractivity contribution in [1.82, 2.24) is 15.0 Å². The number of nitrogens with one attached hydrogen (secondary N) is 1. The number of nitrogens with zero attached hydrogens (tertiary/aromatic N) is 2. The van der Waals surface area contributed by atoms with Crippen molar-refractivity contribution in [3.05, 3.63) is 47.5 Å². The SMILES string of the molecule is CCn1ccnc1CC(CSc1cccc(Cl)c1)NN. The molecule has 2 aromatic rings. The Bertz CT molecular complexity index is 543. The van der Waals surface area contributed by atoms with E-state index in [0.717, 1.165) is 34.5 Å². The molecule has 108 valence electrons. The van der Waals surface area contributed by atoms with Gasteiger partial charge in [-0.15, -0.1) is 11.8 Å². The number of imidazole rings is 1. The van der Waals surface area contributed by atoms with Crippen LogP contribution in [0.2, 0.25) is 5.02 Å². The highest BCUT2D eigenvalue weighted by atomic mass is 35.5. The first-order chi connectivity index (χ1) is 9.72. The smallest absolute Gasteiger partial charge is 0.110 e. The number of thioether (sulfide) groups is 1. The largest absolute Gasteiger partial charge is 0.335 e. The van der Waals surface area contributed by atoms with Gasteiger partial charge in [-0.2, -0.15) is 0 Å². The number of aromatic nitrogens is 2. The monoisotopic (exact) mass is 310 g/mol. The molecule has 1 atom stereocenters. The molecule has 1 unspecified atom stereocenters. The second-order valence-electron chi connectivity index (χ2n) is 4.47. The Labute approximate surface area is 128 Å². The minimum Gasteiger partial charge on any atom is -0.335 e. The lowest BCUT2D eigenvalue weighted by Gasteiger charge is -2.16. The molecule has 1 aromatic carbocycles. The molecule has 6 heteroatoms. The molecule has 4 nitrogen and oxygen atoms in total. The van der Waals surface area contributed by atoms with Gasteiger partial charge in [0.15, 0.2) is 0 Å². The fourth-order valence-electron chi connectivity index (χ4n) is 1.96. The zero-order chi connectivity index (χ0) is 14.4. The van der Waals surface area contributed by atoms with Gasteiger partial charge in [0.1, 0.15) is 5.82 Å². The fourth-order valence-corrected chi connectivity index (χ4v) is 3.21. The molecular weight excluding hydrogens is 292 g/mol. The van der Waals surface area contributed by atoms with Crippen LogP contribution in [0.25, 0.3) is 0 Å². The zero-order valence-electron chi connectivity index (χ0n) is 11.4. The van der Waals surface area contributed by atoms with Crippen molar-refractivity contribution in [1.29, 1.82) is 0 Å². The van der Waals surface area contributed by atoms with Crippen molar-refractivity contribution in [2.45, 2.75) is 30.8 Å². The van der Waals surface area contributed by atoms with Crippen LogP contribution < -0.4 is 11.3 Å². The van der Waals surface area contributed by atoms with Crippen LogP contribution in [0.1, 0.15) is 12.7 Å². The lowest BCUT2D eigenvalue weighted by molar-refractivity contribution is 0.543. The Balaban J connectivity index is 1.92. The first kappa shape index (κ1) is 15.4. The number of hydrazine groups is 1. The minimum absolute atomic E-state index is 0.173. The van der Waals surface area contributed by atoms with Gasteiger partial charge in [0.05, 0.1) is 0 Å². The van der Waals surface area contributed by atoms with Gasteiger partial charge in [0.25, 0.3) is 0 Å². The van der Waals surface area contributed by atoms with E-state index < -0.39 is 0 Å². The van der Waals surface area contributed by atoms with Gasteiger partial charge < -0.3 is 4.57 Å². The summed E-state index contributed by atoms with van der Waals surface area (Å²) in [6, 6.07) is 8.03. The first-order valence-electron chi connectivity index (χ1n) is 6.57. The number of halogens is 1. The van der Waals surface area contributed by atoms with E-state index in [0.29, 0.717) is 0 Å². The molecule has 20 heavy (non-hydrogen) atoms. The minimum atomic E-state index is 0.173. The van der Waals surface area contributed by atoms with Crippen molar-refractivity contribution in [2.24, 2.45) is 5.84 Å². The van der Waals surface area contributed by atoms with E-state index >= 15 is 0 Å². The second-order valence-corrected chi connectivity index (χ2v) is 6.00. The van der Waals surface area contributed by atoms with Crippen LogP contribution in [-0.2, 0) is 13.0 Å². The van der Waals surface area contributed by atoms with Crippen LogP contribution in [0.4, 0.5) is 0 Å². The van der Waals surface area contributed by atoms with E-state index in [1.54, 1.807) is 11.8 Å². The molecule has 1 heterocycles. The molecule has 0 fully saturated rings. The number of benzene rings is 1. The van der Waals surface area contributed by atoms with E-state index in [2.05, 4.69) is 28.0 Å². The molecule has 0 aliphatic carbocycles. The van der Waals surface area contributed by atoms with Crippen molar-refractivity contribution >= 4 is 23.4 Å². The summed E-state index contributed by atoms with van der Waals surface area (Å²) in [5.41, 5.74) is 2.87. The molecule has 0 spiro atoms. The van der Waals surface area contributed by atoms with E-state index in [1.807, 2.05) is 30.6 Å². The summed E-state index contributed by atoms with van der Waals surface area (Å²) in [7, 11) is 0. The van der Waals surface area contributed by atoms with Crippen LogP contribution in [0.5, 0.6) is 0 Å². The predicted octanol–water partition coefficient (Wildman–Crippen LogP) is 2.72. The summed E-state index contributed by atoms with van der Waals surface area (Å²) < 4.78 is 2.13. The highest BCUT2D eigenvalue weighted by Crippen LogP contribution is 2.22. The normalized spacial score (nSPS) is 12.6. The molecule has 0 aliphatic rings. The number of nitrogens with two attached hydrogens (primary N) is 1. The highest BCUT2D eigenvalue weighted by molar-refractivity contribution is 7.99. The number of hydrogen-bond acceptors (Lipinski definition) is 4. The van der Waals surface area contributed by atoms with Crippen LogP contribution in [0.15, 0.2) is 41.6 Å². The van der Waals surface area contributed by atoms with E-state index in [9.17, 15) is 0 Å². The number of hydrogen-bond donors (Lipinski definition) is 2. The Morgan fingerprint density at radius 3 is 3.05 bits per heavy atom. The molecule has 0 saturated carbocycles. The van der Waals surface area contributed by atoms with Gasteiger partial charge in [0.2, 0.25) is 0 Å². The highest BCUT2D eigenvalue weighted by Gasteiger charge is 2.12. The second kappa shape index (κ2) is 7.69. The molecule has 2 rings (SSSR count). The molecule has 1 aromatic heterocycles. The van der Waals surface area contributed by atoms with Crippen LogP contribution in [-0.4, -0.2) is 21.3 Å². The van der Waals surface area contributed by atoms with E-state index in [-0.39, 0.29) is 6.04 Å². The van der Waals surface area contributed by atoms with E-state index in [1.165, 1.54) is 0 Å². The maximum absolute atomic E-state index is 5.98. The topological polar surface area (TPSA) is 55.9 Å². The summed E-state index contributed by atoms with van der Waals surface area (Å²) in [6.07, 6.45) is 4.63. The average Bonchev–Trinajstić information content (AvgIpc) is 2.90. The van der Waals surface area contributed by atoms with Crippen LogP contribution in [0, 0.1) is 0 Å². The maximum Gasteiger partial charge on any atom is 0.110 e. The van der Waals surface area contributed by atoms with Crippen molar-refractivity contribution in [3.63, 3.8) is 0 Å². The third kappa shape index (κ3) is 4.24. The summed E-state index contributed by atoms with van der Waals surface area (Å²) in [5.74, 6) is 7.57. The third-order valence-corrected chi connectivity index (χ3v) is 4.45. The van der Waals surface area contributed by atoms with Crippen molar-refractivity contribution in [2.75, 3.05) is 5.75 Å².